The Morgan fingerprint density at radius 3 is 2.85 bits per heavy atom. The maximum absolute atomic E-state index is 11.6. The first-order chi connectivity index (χ1) is 9.49. The van der Waals surface area contributed by atoms with Crippen molar-refractivity contribution in [1.29, 1.82) is 0 Å². The summed E-state index contributed by atoms with van der Waals surface area (Å²) in [5.41, 5.74) is -0.0876. The van der Waals surface area contributed by atoms with Crippen LogP contribution in [0.25, 0.3) is 0 Å². The van der Waals surface area contributed by atoms with E-state index in [0.717, 1.165) is 17.9 Å². The van der Waals surface area contributed by atoms with Crippen LogP contribution in [0.2, 0.25) is 0 Å². The van der Waals surface area contributed by atoms with Crippen molar-refractivity contribution in [2.75, 3.05) is 18.0 Å². The number of hydrogen-bond donors (Lipinski definition) is 2. The summed E-state index contributed by atoms with van der Waals surface area (Å²) in [5.74, 6) is -0.0803. The molecule has 0 radical (unpaired) electrons. The third-order valence-corrected chi connectivity index (χ3v) is 4.18. The quantitative estimate of drug-likeness (QED) is 0.879. The van der Waals surface area contributed by atoms with E-state index in [4.69, 9.17) is 0 Å². The van der Waals surface area contributed by atoms with Crippen molar-refractivity contribution in [3.63, 3.8) is 0 Å². The predicted molar refractivity (Wildman–Crippen MR) is 76.8 cm³/mol. The van der Waals surface area contributed by atoms with E-state index in [2.05, 4.69) is 4.98 Å². The van der Waals surface area contributed by atoms with Crippen molar-refractivity contribution in [1.82, 2.24) is 4.98 Å². The Labute approximate surface area is 119 Å². The molecule has 5 nitrogen and oxygen atoms in total. The van der Waals surface area contributed by atoms with Crippen LogP contribution in [-0.2, 0) is 4.79 Å². The first-order valence-corrected chi connectivity index (χ1v) is 7.09. The molecule has 0 aliphatic carbocycles. The summed E-state index contributed by atoms with van der Waals surface area (Å²) < 4.78 is 0. The number of aliphatic hydroxyl groups is 1. The molecule has 1 fully saturated rings. The van der Waals surface area contributed by atoms with Gasteiger partial charge >= 0.3 is 5.97 Å². The summed E-state index contributed by atoms with van der Waals surface area (Å²) >= 11 is 0. The normalized spacial score (nSPS) is 26.6. The van der Waals surface area contributed by atoms with Gasteiger partial charge in [-0.2, -0.15) is 0 Å². The van der Waals surface area contributed by atoms with Gasteiger partial charge in [-0.25, -0.2) is 4.98 Å². The number of carboxylic acid groups (broad SMARTS) is 1. The van der Waals surface area contributed by atoms with E-state index < -0.39 is 17.5 Å². The van der Waals surface area contributed by atoms with Crippen LogP contribution in [0.1, 0.15) is 31.9 Å². The Morgan fingerprint density at radius 2 is 2.30 bits per heavy atom. The van der Waals surface area contributed by atoms with Crippen LogP contribution in [0.4, 0.5) is 5.82 Å². The average Bonchev–Trinajstić information content (AvgIpc) is 2.41. The van der Waals surface area contributed by atoms with Gasteiger partial charge in [-0.1, -0.05) is 19.4 Å². The Kier molecular flexibility index (Phi) is 4.28. The van der Waals surface area contributed by atoms with E-state index in [1.807, 2.05) is 36.9 Å². The summed E-state index contributed by atoms with van der Waals surface area (Å²) in [5, 5.41) is 19.9. The number of aliphatic carboxylic acids is 1. The van der Waals surface area contributed by atoms with Gasteiger partial charge in [0, 0.05) is 18.8 Å². The second-order valence-corrected chi connectivity index (χ2v) is 5.56. The number of anilines is 1. The SMILES string of the molecule is CCC[C@]1(C(=O)O)CCN(c2cccc(C)n2)C[C@@H]1O. The van der Waals surface area contributed by atoms with E-state index in [0.29, 0.717) is 25.9 Å². The highest BCUT2D eigenvalue weighted by atomic mass is 16.4. The van der Waals surface area contributed by atoms with Crippen molar-refractivity contribution < 1.29 is 15.0 Å². The number of hydrogen-bond acceptors (Lipinski definition) is 4. The monoisotopic (exact) mass is 278 g/mol. The van der Waals surface area contributed by atoms with E-state index in [1.165, 1.54) is 0 Å². The fraction of sp³-hybridized carbons (Fsp3) is 0.600. The highest BCUT2D eigenvalue weighted by Gasteiger charge is 2.48. The number of carboxylic acids is 1. The number of nitrogens with zero attached hydrogens (tertiary/aromatic N) is 2. The van der Waals surface area contributed by atoms with Crippen LogP contribution in [0.3, 0.4) is 0 Å². The summed E-state index contributed by atoms with van der Waals surface area (Å²) in [6.45, 7) is 4.80. The lowest BCUT2D eigenvalue weighted by atomic mass is 9.73. The number of β-amino-alcohol motifs (C(OH)–C–C–N with tert-alkyl or cyclic N) is 1. The smallest absolute Gasteiger partial charge is 0.312 e. The predicted octanol–water partition coefficient (Wildman–Crippen LogP) is 1.83. The maximum atomic E-state index is 11.6. The van der Waals surface area contributed by atoms with Gasteiger partial charge in [0.1, 0.15) is 5.82 Å². The fourth-order valence-electron chi connectivity index (χ4n) is 2.98. The molecular weight excluding hydrogens is 256 g/mol. The average molecular weight is 278 g/mol. The van der Waals surface area contributed by atoms with Crippen LogP contribution < -0.4 is 4.90 Å². The van der Waals surface area contributed by atoms with Gasteiger partial charge in [0.2, 0.25) is 0 Å². The van der Waals surface area contributed by atoms with E-state index in [-0.39, 0.29) is 0 Å². The lowest BCUT2D eigenvalue weighted by molar-refractivity contribution is -0.159. The number of piperidine rings is 1. The third kappa shape index (κ3) is 2.63. The molecular formula is C15H22N2O3. The molecule has 0 saturated carbocycles. The molecule has 0 unspecified atom stereocenters. The zero-order chi connectivity index (χ0) is 14.8. The molecule has 1 aromatic heterocycles. The molecule has 0 aromatic carbocycles. The summed E-state index contributed by atoms with van der Waals surface area (Å²) in [7, 11) is 0. The van der Waals surface area contributed by atoms with E-state index >= 15 is 0 Å². The Bertz CT molecular complexity index is 492. The molecule has 2 atom stereocenters. The van der Waals surface area contributed by atoms with Gasteiger partial charge in [0.25, 0.3) is 0 Å². The number of rotatable bonds is 4. The minimum Gasteiger partial charge on any atom is -0.481 e. The number of carbonyl (C=O) groups is 1. The van der Waals surface area contributed by atoms with Crippen molar-refractivity contribution in [2.24, 2.45) is 5.41 Å². The number of aliphatic hydroxyl groups excluding tert-OH is 1. The van der Waals surface area contributed by atoms with Crippen LogP contribution in [-0.4, -0.2) is 40.4 Å². The molecule has 5 heteroatoms. The minimum atomic E-state index is -1.00. The summed E-state index contributed by atoms with van der Waals surface area (Å²) in [6, 6.07) is 5.74. The molecule has 20 heavy (non-hydrogen) atoms. The van der Waals surface area contributed by atoms with Crippen molar-refractivity contribution >= 4 is 11.8 Å². The fourth-order valence-corrected chi connectivity index (χ4v) is 2.98. The second kappa shape index (κ2) is 5.79. The summed E-state index contributed by atoms with van der Waals surface area (Å²) in [4.78, 5) is 18.0. The molecule has 1 aliphatic rings. The van der Waals surface area contributed by atoms with Gasteiger partial charge in [-0.05, 0) is 31.9 Å². The van der Waals surface area contributed by atoms with Crippen LogP contribution >= 0.6 is 0 Å². The van der Waals surface area contributed by atoms with Crippen LogP contribution in [0, 0.1) is 12.3 Å². The number of aromatic nitrogens is 1. The van der Waals surface area contributed by atoms with Crippen molar-refractivity contribution in [3.8, 4) is 0 Å². The van der Waals surface area contributed by atoms with Gasteiger partial charge in [0.15, 0.2) is 0 Å². The first kappa shape index (κ1) is 14.8. The molecule has 0 spiro atoms. The lowest BCUT2D eigenvalue weighted by Crippen LogP contribution is -2.55. The largest absolute Gasteiger partial charge is 0.481 e. The van der Waals surface area contributed by atoms with E-state index in [1.54, 1.807) is 0 Å². The Morgan fingerprint density at radius 1 is 1.55 bits per heavy atom. The molecule has 1 aromatic rings. The minimum absolute atomic E-state index is 0.322. The Balaban J connectivity index is 2.17. The highest BCUT2D eigenvalue weighted by Crippen LogP contribution is 2.37. The van der Waals surface area contributed by atoms with Crippen molar-refractivity contribution in [2.45, 2.75) is 39.2 Å². The van der Waals surface area contributed by atoms with Crippen molar-refractivity contribution in [3.05, 3.63) is 23.9 Å². The molecule has 0 bridgehead atoms. The maximum Gasteiger partial charge on any atom is 0.312 e. The first-order valence-electron chi connectivity index (χ1n) is 7.09. The summed E-state index contributed by atoms with van der Waals surface area (Å²) in [6.07, 6.45) is 0.855. The van der Waals surface area contributed by atoms with Crippen LogP contribution in [0.15, 0.2) is 18.2 Å². The second-order valence-electron chi connectivity index (χ2n) is 5.56. The molecule has 2 N–H and O–H groups in total. The number of pyridine rings is 1. The standard InChI is InChI=1S/C15H22N2O3/c1-3-7-15(14(19)20)8-9-17(10-12(15)18)13-6-4-5-11(2)16-13/h4-6,12,18H,3,7-10H2,1-2H3,(H,19,20)/t12-,15-/m0/s1. The van der Waals surface area contributed by atoms with Gasteiger partial charge < -0.3 is 15.1 Å². The Hall–Kier alpha value is -1.62. The molecule has 2 heterocycles. The zero-order valence-corrected chi connectivity index (χ0v) is 12.0. The van der Waals surface area contributed by atoms with Gasteiger partial charge in [-0.15, -0.1) is 0 Å². The molecule has 1 aliphatic heterocycles. The van der Waals surface area contributed by atoms with Gasteiger partial charge in [-0.3, -0.25) is 4.79 Å². The molecule has 2 rings (SSSR count). The zero-order valence-electron chi connectivity index (χ0n) is 12.0. The van der Waals surface area contributed by atoms with Crippen LogP contribution in [0.5, 0.6) is 0 Å². The topological polar surface area (TPSA) is 73.7 Å². The molecule has 0 amide bonds. The number of aryl methyl sites for hydroxylation is 1. The molecule has 1 saturated heterocycles. The third-order valence-electron chi connectivity index (χ3n) is 4.18. The lowest BCUT2D eigenvalue weighted by Gasteiger charge is -2.43. The highest BCUT2D eigenvalue weighted by molar-refractivity contribution is 5.76. The molecule has 110 valence electrons. The van der Waals surface area contributed by atoms with E-state index in [9.17, 15) is 15.0 Å². The van der Waals surface area contributed by atoms with Gasteiger partial charge in [0.05, 0.1) is 11.5 Å².